The molecule has 0 bridgehead atoms. The molecule has 1 N–H and O–H groups in total. The first-order valence-corrected chi connectivity index (χ1v) is 9.63. The van der Waals surface area contributed by atoms with Gasteiger partial charge in [0.25, 0.3) is 11.5 Å². The van der Waals surface area contributed by atoms with E-state index in [2.05, 4.69) is 9.97 Å². The van der Waals surface area contributed by atoms with Gasteiger partial charge in [0.15, 0.2) is 0 Å². The highest BCUT2D eigenvalue weighted by Gasteiger charge is 2.32. The first-order valence-electron chi connectivity index (χ1n) is 9.63. The number of hydrogen-bond acceptors (Lipinski definition) is 5. The molecular weight excluding hydrogens is 358 g/mol. The molecule has 0 spiro atoms. The second-order valence-electron chi connectivity index (χ2n) is 7.31. The third-order valence-corrected chi connectivity index (χ3v) is 5.54. The summed E-state index contributed by atoms with van der Waals surface area (Å²) >= 11 is 0. The number of fused-ring (bicyclic) bond motifs is 1. The maximum atomic E-state index is 13.0. The average molecular weight is 381 g/mol. The highest BCUT2D eigenvalue weighted by Crippen LogP contribution is 2.30. The monoisotopic (exact) mass is 381 g/mol. The van der Waals surface area contributed by atoms with Gasteiger partial charge in [0.2, 0.25) is 5.91 Å². The van der Waals surface area contributed by atoms with Crippen molar-refractivity contribution in [3.63, 3.8) is 0 Å². The van der Waals surface area contributed by atoms with E-state index < -0.39 is 0 Å². The lowest BCUT2D eigenvalue weighted by molar-refractivity contribution is -0.129. The summed E-state index contributed by atoms with van der Waals surface area (Å²) < 4.78 is 0. The molecule has 2 aliphatic heterocycles. The predicted octanol–water partition coefficient (Wildman–Crippen LogP) is 1.44. The van der Waals surface area contributed by atoms with Crippen molar-refractivity contribution in [2.45, 2.75) is 45.2 Å². The van der Waals surface area contributed by atoms with Crippen LogP contribution in [-0.2, 0) is 17.8 Å². The molecule has 0 radical (unpaired) electrons. The van der Waals surface area contributed by atoms with Crippen molar-refractivity contribution in [3.05, 3.63) is 57.5 Å². The van der Waals surface area contributed by atoms with Crippen LogP contribution < -0.4 is 5.56 Å². The van der Waals surface area contributed by atoms with Crippen molar-refractivity contribution < 1.29 is 9.59 Å². The summed E-state index contributed by atoms with van der Waals surface area (Å²) in [5.74, 6) is 0.424. The maximum Gasteiger partial charge on any atom is 0.256 e. The minimum absolute atomic E-state index is 0.0458. The van der Waals surface area contributed by atoms with E-state index in [1.54, 1.807) is 34.3 Å². The summed E-state index contributed by atoms with van der Waals surface area (Å²) in [6, 6.07) is 3.15. The van der Waals surface area contributed by atoms with Crippen LogP contribution in [0, 0.1) is 0 Å². The number of carbonyl (C=O) groups excluding carboxylic acids is 2. The zero-order valence-electron chi connectivity index (χ0n) is 15.9. The van der Waals surface area contributed by atoms with Crippen LogP contribution in [-0.4, -0.2) is 49.7 Å². The number of H-pyrrole nitrogens is 1. The van der Waals surface area contributed by atoms with Crippen molar-refractivity contribution in [1.82, 2.24) is 24.8 Å². The molecule has 0 unspecified atom stereocenters. The van der Waals surface area contributed by atoms with Crippen molar-refractivity contribution in [2.75, 3.05) is 13.1 Å². The van der Waals surface area contributed by atoms with Gasteiger partial charge in [0.1, 0.15) is 5.82 Å². The lowest BCUT2D eigenvalue weighted by atomic mass is 9.99. The predicted molar refractivity (Wildman–Crippen MR) is 102 cm³/mol. The van der Waals surface area contributed by atoms with Gasteiger partial charge in [-0.15, -0.1) is 0 Å². The van der Waals surface area contributed by atoms with Crippen LogP contribution >= 0.6 is 0 Å². The standard InChI is InChI=1S/C20H23N5O3/c1-13(26)24-11-7-16-15(12-24)19(27)23-18(22-16)17-4-2-3-10-25(17)20(28)14-5-8-21-9-6-14/h5-6,8-9,17H,2-4,7,10-12H2,1H3,(H,22,23,27)/t17-/m0/s1. The summed E-state index contributed by atoms with van der Waals surface area (Å²) in [5, 5.41) is 0. The van der Waals surface area contributed by atoms with E-state index in [1.165, 1.54) is 6.92 Å². The Labute approximate surface area is 162 Å². The van der Waals surface area contributed by atoms with Crippen molar-refractivity contribution in [3.8, 4) is 0 Å². The Kier molecular flexibility index (Phi) is 4.93. The lowest BCUT2D eigenvalue weighted by Crippen LogP contribution is -2.42. The number of pyridine rings is 1. The van der Waals surface area contributed by atoms with E-state index in [0.29, 0.717) is 36.5 Å². The van der Waals surface area contributed by atoms with E-state index in [9.17, 15) is 14.4 Å². The highest BCUT2D eigenvalue weighted by atomic mass is 16.2. The molecule has 28 heavy (non-hydrogen) atoms. The summed E-state index contributed by atoms with van der Waals surface area (Å²) in [7, 11) is 0. The van der Waals surface area contributed by atoms with Crippen molar-refractivity contribution in [1.29, 1.82) is 0 Å². The highest BCUT2D eigenvalue weighted by molar-refractivity contribution is 5.94. The summed E-state index contributed by atoms with van der Waals surface area (Å²) in [6.45, 7) is 2.98. The quantitative estimate of drug-likeness (QED) is 0.849. The van der Waals surface area contributed by atoms with Gasteiger partial charge in [-0.1, -0.05) is 0 Å². The smallest absolute Gasteiger partial charge is 0.256 e. The molecular formula is C20H23N5O3. The first-order chi connectivity index (χ1) is 13.5. The molecule has 1 fully saturated rings. The Morgan fingerprint density at radius 1 is 1.18 bits per heavy atom. The zero-order valence-corrected chi connectivity index (χ0v) is 15.9. The van der Waals surface area contributed by atoms with Crippen LogP contribution in [0.2, 0.25) is 0 Å². The number of nitrogens with one attached hydrogen (secondary N) is 1. The van der Waals surface area contributed by atoms with Crippen LogP contribution in [0.25, 0.3) is 0 Å². The van der Waals surface area contributed by atoms with E-state index in [0.717, 1.165) is 25.0 Å². The Bertz CT molecular complexity index is 956. The van der Waals surface area contributed by atoms with Gasteiger partial charge < -0.3 is 14.8 Å². The van der Waals surface area contributed by atoms with Crippen LogP contribution in [0.3, 0.4) is 0 Å². The number of likely N-dealkylation sites (tertiary alicyclic amines) is 1. The Hall–Kier alpha value is -3.03. The fourth-order valence-corrected chi connectivity index (χ4v) is 3.99. The van der Waals surface area contributed by atoms with Gasteiger partial charge in [-0.05, 0) is 31.4 Å². The zero-order chi connectivity index (χ0) is 19.7. The Morgan fingerprint density at radius 3 is 2.71 bits per heavy atom. The topological polar surface area (TPSA) is 99.3 Å². The molecule has 2 aromatic rings. The van der Waals surface area contributed by atoms with Crippen LogP contribution in [0.15, 0.2) is 29.3 Å². The number of aromatic amines is 1. The summed E-state index contributed by atoms with van der Waals surface area (Å²) in [4.78, 5) is 52.4. The molecule has 8 heteroatoms. The van der Waals surface area contributed by atoms with Gasteiger partial charge in [-0.25, -0.2) is 4.98 Å². The van der Waals surface area contributed by atoms with E-state index in [4.69, 9.17) is 4.98 Å². The third-order valence-electron chi connectivity index (χ3n) is 5.54. The summed E-state index contributed by atoms with van der Waals surface area (Å²) in [5.41, 5.74) is 1.65. The normalized spacial score (nSPS) is 19.2. The van der Waals surface area contributed by atoms with Gasteiger partial charge in [-0.3, -0.25) is 19.4 Å². The van der Waals surface area contributed by atoms with Crippen LogP contribution in [0.1, 0.15) is 59.7 Å². The van der Waals surface area contributed by atoms with Crippen molar-refractivity contribution in [2.24, 2.45) is 0 Å². The van der Waals surface area contributed by atoms with Gasteiger partial charge in [0, 0.05) is 44.4 Å². The van der Waals surface area contributed by atoms with Gasteiger partial charge >= 0.3 is 0 Å². The largest absolute Gasteiger partial charge is 0.338 e. The van der Waals surface area contributed by atoms with E-state index in [1.807, 2.05) is 0 Å². The lowest BCUT2D eigenvalue weighted by Gasteiger charge is -2.35. The Morgan fingerprint density at radius 2 is 1.96 bits per heavy atom. The molecule has 4 heterocycles. The SMILES string of the molecule is CC(=O)N1CCc2nc([C@@H]3CCCCN3C(=O)c3ccncc3)[nH]c(=O)c2C1. The molecule has 146 valence electrons. The van der Waals surface area contributed by atoms with Gasteiger partial charge in [-0.2, -0.15) is 0 Å². The number of aromatic nitrogens is 3. The molecule has 8 nitrogen and oxygen atoms in total. The third kappa shape index (κ3) is 3.42. The van der Waals surface area contributed by atoms with Crippen LogP contribution in [0.5, 0.6) is 0 Å². The Balaban J connectivity index is 1.66. The molecule has 4 rings (SSSR count). The molecule has 2 aromatic heterocycles. The number of carbonyl (C=O) groups is 2. The second-order valence-corrected chi connectivity index (χ2v) is 7.31. The molecule has 2 amide bonds. The fraction of sp³-hybridized carbons (Fsp3) is 0.450. The maximum absolute atomic E-state index is 13.0. The van der Waals surface area contributed by atoms with Gasteiger partial charge in [0.05, 0.1) is 23.8 Å². The molecule has 1 saturated heterocycles. The fourth-order valence-electron chi connectivity index (χ4n) is 3.99. The van der Waals surface area contributed by atoms with Crippen LogP contribution in [0.4, 0.5) is 0 Å². The van der Waals surface area contributed by atoms with E-state index in [-0.39, 0.29) is 30.0 Å². The molecule has 0 aromatic carbocycles. The number of amides is 2. The average Bonchev–Trinajstić information content (AvgIpc) is 2.73. The van der Waals surface area contributed by atoms with E-state index >= 15 is 0 Å². The number of nitrogens with zero attached hydrogens (tertiary/aromatic N) is 4. The number of rotatable bonds is 2. The minimum Gasteiger partial charge on any atom is -0.338 e. The number of piperidine rings is 1. The molecule has 2 aliphatic rings. The molecule has 0 saturated carbocycles. The van der Waals surface area contributed by atoms with Crippen molar-refractivity contribution >= 4 is 11.8 Å². The first kappa shape index (κ1) is 18.3. The molecule has 1 atom stereocenters. The minimum atomic E-state index is -0.252. The summed E-state index contributed by atoms with van der Waals surface area (Å²) in [6.07, 6.45) is 6.42. The number of hydrogen-bond donors (Lipinski definition) is 1. The second kappa shape index (κ2) is 7.53. The molecule has 0 aliphatic carbocycles.